The van der Waals surface area contributed by atoms with Crippen LogP contribution < -0.4 is 14.5 Å². The third-order valence-electron chi connectivity index (χ3n) is 6.22. The number of nitrogens with zero attached hydrogens (tertiary/aromatic N) is 3. The monoisotopic (exact) mass is 457 g/mol. The van der Waals surface area contributed by atoms with Crippen molar-refractivity contribution in [3.8, 4) is 5.75 Å². The van der Waals surface area contributed by atoms with Gasteiger partial charge in [-0.2, -0.15) is 0 Å². The van der Waals surface area contributed by atoms with Crippen LogP contribution in [0, 0.1) is 5.82 Å². The Hall–Kier alpha value is -4.13. The number of anilines is 2. The Morgan fingerprint density at radius 3 is 2.03 bits per heavy atom. The average molecular weight is 458 g/mol. The van der Waals surface area contributed by atoms with Crippen molar-refractivity contribution in [3.63, 3.8) is 0 Å². The highest BCUT2D eigenvalue weighted by atomic mass is 19.1. The molecule has 0 radical (unpaired) electrons. The Kier molecular flexibility index (Phi) is 5.76. The van der Waals surface area contributed by atoms with E-state index < -0.39 is 17.6 Å². The number of imide groups is 1. The number of amides is 2. The van der Waals surface area contributed by atoms with Gasteiger partial charge in [0.2, 0.25) is 0 Å². The van der Waals surface area contributed by atoms with Gasteiger partial charge in [0.1, 0.15) is 17.3 Å². The summed E-state index contributed by atoms with van der Waals surface area (Å²) in [5.74, 6) is -0.744. The smallest absolute Gasteiger partial charge is 0.282 e. The van der Waals surface area contributed by atoms with E-state index in [1.54, 1.807) is 37.4 Å². The number of para-hydroxylation sites is 1. The molecule has 0 saturated carbocycles. The second-order valence-corrected chi connectivity index (χ2v) is 8.19. The highest BCUT2D eigenvalue weighted by molar-refractivity contribution is 6.45. The predicted molar refractivity (Wildman–Crippen MR) is 129 cm³/mol. The summed E-state index contributed by atoms with van der Waals surface area (Å²) in [5.41, 5.74) is 2.65. The maximum Gasteiger partial charge on any atom is 0.282 e. The fourth-order valence-corrected chi connectivity index (χ4v) is 4.51. The van der Waals surface area contributed by atoms with E-state index in [-0.39, 0.29) is 5.69 Å². The van der Waals surface area contributed by atoms with E-state index in [4.69, 9.17) is 4.74 Å². The Bertz CT molecular complexity index is 1250. The molecule has 6 nitrogen and oxygen atoms in total. The lowest BCUT2D eigenvalue weighted by molar-refractivity contribution is -0.120. The molecular formula is C27H24FN3O3. The second kappa shape index (κ2) is 9.02. The number of benzene rings is 3. The summed E-state index contributed by atoms with van der Waals surface area (Å²) in [7, 11) is 1.57. The topological polar surface area (TPSA) is 53.1 Å². The van der Waals surface area contributed by atoms with Gasteiger partial charge < -0.3 is 14.5 Å². The van der Waals surface area contributed by atoms with Gasteiger partial charge in [0.15, 0.2) is 0 Å². The molecule has 0 N–H and O–H groups in total. The summed E-state index contributed by atoms with van der Waals surface area (Å²) in [5, 5.41) is 0. The van der Waals surface area contributed by atoms with Crippen LogP contribution in [0.4, 0.5) is 15.8 Å². The minimum Gasteiger partial charge on any atom is -0.497 e. The molecule has 0 atom stereocenters. The van der Waals surface area contributed by atoms with Crippen molar-refractivity contribution >= 4 is 28.8 Å². The molecule has 0 bridgehead atoms. The van der Waals surface area contributed by atoms with E-state index in [1.165, 1.54) is 18.2 Å². The highest BCUT2D eigenvalue weighted by Gasteiger charge is 2.43. The maximum atomic E-state index is 13.9. The van der Waals surface area contributed by atoms with Crippen LogP contribution in [0.1, 0.15) is 5.56 Å². The largest absolute Gasteiger partial charge is 0.497 e. The van der Waals surface area contributed by atoms with Crippen LogP contribution in [0.15, 0.2) is 84.6 Å². The molecule has 2 heterocycles. The van der Waals surface area contributed by atoms with Crippen LogP contribution in [0.25, 0.3) is 5.57 Å². The van der Waals surface area contributed by atoms with Crippen LogP contribution >= 0.6 is 0 Å². The third-order valence-corrected chi connectivity index (χ3v) is 6.22. The van der Waals surface area contributed by atoms with Gasteiger partial charge >= 0.3 is 0 Å². The first kappa shape index (κ1) is 21.7. The quantitative estimate of drug-likeness (QED) is 0.544. The lowest BCUT2D eigenvalue weighted by Crippen LogP contribution is -2.47. The zero-order valence-electron chi connectivity index (χ0n) is 18.8. The zero-order chi connectivity index (χ0) is 23.7. The van der Waals surface area contributed by atoms with Gasteiger partial charge in [-0.15, -0.1) is 0 Å². The van der Waals surface area contributed by atoms with Crippen molar-refractivity contribution in [2.24, 2.45) is 0 Å². The van der Waals surface area contributed by atoms with Crippen LogP contribution in [0.5, 0.6) is 5.75 Å². The number of ether oxygens (including phenoxy) is 1. The summed E-state index contributed by atoms with van der Waals surface area (Å²) in [4.78, 5) is 32.5. The number of carbonyl (C=O) groups excluding carboxylic acids is 2. The van der Waals surface area contributed by atoms with Gasteiger partial charge in [-0.05, 0) is 48.0 Å². The Morgan fingerprint density at radius 1 is 0.735 bits per heavy atom. The maximum absolute atomic E-state index is 13.9. The third kappa shape index (κ3) is 3.90. The average Bonchev–Trinajstić information content (AvgIpc) is 3.14. The minimum absolute atomic E-state index is 0.221. The molecule has 3 aromatic carbocycles. The molecule has 7 heteroatoms. The summed E-state index contributed by atoms with van der Waals surface area (Å²) < 4.78 is 19.2. The van der Waals surface area contributed by atoms with Gasteiger partial charge in [-0.25, -0.2) is 9.29 Å². The lowest BCUT2D eigenvalue weighted by Gasteiger charge is -2.37. The van der Waals surface area contributed by atoms with E-state index in [9.17, 15) is 14.0 Å². The number of hydrogen-bond donors (Lipinski definition) is 0. The van der Waals surface area contributed by atoms with Gasteiger partial charge in [0.25, 0.3) is 11.8 Å². The van der Waals surface area contributed by atoms with Crippen molar-refractivity contribution in [2.75, 3.05) is 43.1 Å². The molecule has 34 heavy (non-hydrogen) atoms. The van der Waals surface area contributed by atoms with Crippen LogP contribution in [0.3, 0.4) is 0 Å². The van der Waals surface area contributed by atoms with Crippen LogP contribution in [0.2, 0.25) is 0 Å². The molecule has 2 aliphatic rings. The minimum atomic E-state index is -0.506. The van der Waals surface area contributed by atoms with Crippen LogP contribution in [-0.4, -0.2) is 50.0 Å². The molecule has 1 saturated heterocycles. The Balaban J connectivity index is 1.51. The van der Waals surface area contributed by atoms with E-state index in [0.29, 0.717) is 48.8 Å². The number of piperazine rings is 1. The standard InChI is InChI=1S/C27H24FN3O3/c1-34-23-12-10-19(11-13-23)24-25(27(33)31(26(24)32)22-9-5-6-20(28)18-22)30-16-14-29(15-17-30)21-7-3-2-4-8-21/h2-13,18H,14-17H2,1H3. The van der Waals surface area contributed by atoms with Crippen molar-refractivity contribution in [3.05, 3.63) is 95.9 Å². The van der Waals surface area contributed by atoms with Gasteiger partial charge in [-0.3, -0.25) is 9.59 Å². The first-order valence-electron chi connectivity index (χ1n) is 11.1. The van der Waals surface area contributed by atoms with Crippen molar-refractivity contribution in [1.82, 2.24) is 4.90 Å². The number of rotatable bonds is 5. The van der Waals surface area contributed by atoms with Crippen molar-refractivity contribution < 1.29 is 18.7 Å². The molecule has 3 aromatic rings. The number of methoxy groups -OCH3 is 1. The zero-order valence-corrected chi connectivity index (χ0v) is 18.8. The SMILES string of the molecule is COc1ccc(C2=C(N3CCN(c4ccccc4)CC3)C(=O)N(c3cccc(F)c3)C2=O)cc1. The number of hydrogen-bond acceptors (Lipinski definition) is 5. The molecule has 0 spiro atoms. The summed E-state index contributed by atoms with van der Waals surface area (Å²) in [6.07, 6.45) is 0. The fraction of sp³-hybridized carbons (Fsp3) is 0.185. The Morgan fingerprint density at radius 2 is 1.38 bits per heavy atom. The van der Waals surface area contributed by atoms with Crippen LogP contribution in [-0.2, 0) is 9.59 Å². The summed E-state index contributed by atoms with van der Waals surface area (Å²) in [6.45, 7) is 2.59. The molecule has 2 amide bonds. The molecule has 2 aliphatic heterocycles. The molecule has 5 rings (SSSR count). The predicted octanol–water partition coefficient (Wildman–Crippen LogP) is 3.94. The Labute approximate surface area is 197 Å². The number of halogens is 1. The first-order chi connectivity index (χ1) is 16.6. The normalized spacial score (nSPS) is 16.5. The van der Waals surface area contributed by atoms with E-state index >= 15 is 0 Å². The lowest BCUT2D eigenvalue weighted by atomic mass is 10.0. The molecule has 0 unspecified atom stereocenters. The van der Waals surface area contributed by atoms with E-state index in [1.807, 2.05) is 23.1 Å². The second-order valence-electron chi connectivity index (χ2n) is 8.19. The first-order valence-corrected chi connectivity index (χ1v) is 11.1. The fourth-order valence-electron chi connectivity index (χ4n) is 4.51. The molecule has 1 fully saturated rings. The van der Waals surface area contributed by atoms with Gasteiger partial charge in [0, 0.05) is 31.9 Å². The van der Waals surface area contributed by atoms with E-state index in [0.717, 1.165) is 10.6 Å². The van der Waals surface area contributed by atoms with Crippen molar-refractivity contribution in [1.29, 1.82) is 0 Å². The summed E-state index contributed by atoms with van der Waals surface area (Å²) >= 11 is 0. The van der Waals surface area contributed by atoms with Gasteiger partial charge in [0.05, 0.1) is 18.4 Å². The molecule has 172 valence electrons. The van der Waals surface area contributed by atoms with E-state index in [2.05, 4.69) is 17.0 Å². The van der Waals surface area contributed by atoms with Crippen molar-refractivity contribution in [2.45, 2.75) is 0 Å². The summed E-state index contributed by atoms with van der Waals surface area (Å²) in [6, 6.07) is 22.7. The number of carbonyl (C=O) groups is 2. The van der Waals surface area contributed by atoms with Gasteiger partial charge in [-0.1, -0.05) is 36.4 Å². The molecule has 0 aromatic heterocycles. The highest BCUT2D eigenvalue weighted by Crippen LogP contribution is 2.36. The molecular weight excluding hydrogens is 433 g/mol. The molecule has 0 aliphatic carbocycles.